The third kappa shape index (κ3) is 4.08. The van der Waals surface area contributed by atoms with Gasteiger partial charge in [0.15, 0.2) is 0 Å². The van der Waals surface area contributed by atoms with E-state index in [0.29, 0.717) is 17.9 Å². The monoisotopic (exact) mass is 288 g/mol. The molecule has 0 aliphatic carbocycles. The number of para-hydroxylation sites is 1. The molecule has 0 spiro atoms. The average Bonchev–Trinajstić information content (AvgIpc) is 2.74. The van der Waals surface area contributed by atoms with Crippen molar-refractivity contribution in [1.82, 2.24) is 9.80 Å². The van der Waals surface area contributed by atoms with Crippen molar-refractivity contribution >= 4 is 5.91 Å². The molecule has 114 valence electrons. The number of hydrogen-bond acceptors (Lipinski definition) is 3. The highest BCUT2D eigenvalue weighted by Gasteiger charge is 2.22. The molecule has 2 rings (SSSR count). The number of benzene rings is 1. The largest absolute Gasteiger partial charge is 0.493 e. The standard InChI is InChI=1S/C17H24N2O2/c1-3-10-18-11-7-12-19(14-13-18)17(20)15-8-5-6-9-16(15)21-4-2/h3,5-6,8-9H,1,4,7,10-14H2,2H3. The first-order valence-corrected chi connectivity index (χ1v) is 7.60. The molecule has 0 unspecified atom stereocenters. The second-order valence-electron chi connectivity index (χ2n) is 5.16. The van der Waals surface area contributed by atoms with Crippen molar-refractivity contribution in [2.45, 2.75) is 13.3 Å². The molecular weight excluding hydrogens is 264 g/mol. The molecule has 1 aromatic rings. The normalized spacial score (nSPS) is 16.3. The van der Waals surface area contributed by atoms with E-state index in [1.807, 2.05) is 42.2 Å². The molecule has 0 saturated carbocycles. The van der Waals surface area contributed by atoms with Gasteiger partial charge in [-0.25, -0.2) is 0 Å². The van der Waals surface area contributed by atoms with Crippen molar-refractivity contribution in [3.63, 3.8) is 0 Å². The number of nitrogens with zero attached hydrogens (tertiary/aromatic N) is 2. The van der Waals surface area contributed by atoms with E-state index in [4.69, 9.17) is 4.74 Å². The number of ether oxygens (including phenoxy) is 1. The quantitative estimate of drug-likeness (QED) is 0.780. The molecule has 1 saturated heterocycles. The van der Waals surface area contributed by atoms with E-state index in [9.17, 15) is 4.79 Å². The van der Waals surface area contributed by atoms with E-state index in [-0.39, 0.29) is 5.91 Å². The van der Waals surface area contributed by atoms with Crippen LogP contribution in [0.4, 0.5) is 0 Å². The van der Waals surface area contributed by atoms with Gasteiger partial charge >= 0.3 is 0 Å². The van der Waals surface area contributed by atoms with Crippen LogP contribution in [-0.2, 0) is 0 Å². The van der Waals surface area contributed by atoms with Crippen molar-refractivity contribution in [1.29, 1.82) is 0 Å². The van der Waals surface area contributed by atoms with Gasteiger partial charge in [-0.1, -0.05) is 18.2 Å². The number of rotatable bonds is 5. The lowest BCUT2D eigenvalue weighted by molar-refractivity contribution is 0.0758. The van der Waals surface area contributed by atoms with Crippen molar-refractivity contribution in [2.24, 2.45) is 0 Å². The van der Waals surface area contributed by atoms with Gasteiger partial charge in [-0.2, -0.15) is 0 Å². The molecule has 21 heavy (non-hydrogen) atoms. The highest BCUT2D eigenvalue weighted by Crippen LogP contribution is 2.20. The predicted octanol–water partition coefficient (Wildman–Crippen LogP) is 2.42. The summed E-state index contributed by atoms with van der Waals surface area (Å²) < 4.78 is 5.57. The minimum atomic E-state index is 0.0690. The molecule has 0 bridgehead atoms. The summed E-state index contributed by atoms with van der Waals surface area (Å²) in [6, 6.07) is 7.49. The van der Waals surface area contributed by atoms with Gasteiger partial charge in [-0.05, 0) is 25.5 Å². The maximum absolute atomic E-state index is 12.7. The van der Waals surface area contributed by atoms with Crippen LogP contribution in [0.15, 0.2) is 36.9 Å². The van der Waals surface area contributed by atoms with Crippen molar-refractivity contribution < 1.29 is 9.53 Å². The van der Waals surface area contributed by atoms with Crippen LogP contribution < -0.4 is 4.74 Å². The van der Waals surface area contributed by atoms with Gasteiger partial charge in [0.1, 0.15) is 5.75 Å². The lowest BCUT2D eigenvalue weighted by Gasteiger charge is -2.22. The maximum Gasteiger partial charge on any atom is 0.257 e. The smallest absolute Gasteiger partial charge is 0.257 e. The van der Waals surface area contributed by atoms with Crippen molar-refractivity contribution in [3.05, 3.63) is 42.5 Å². The summed E-state index contributed by atoms with van der Waals surface area (Å²) in [5.41, 5.74) is 0.663. The van der Waals surface area contributed by atoms with Crippen LogP contribution in [-0.4, -0.2) is 55.0 Å². The van der Waals surface area contributed by atoms with Crippen LogP contribution in [0.5, 0.6) is 5.75 Å². The molecule has 0 atom stereocenters. The highest BCUT2D eigenvalue weighted by molar-refractivity contribution is 5.97. The molecule has 4 nitrogen and oxygen atoms in total. The SMILES string of the molecule is C=CCN1CCCN(C(=O)c2ccccc2OCC)CC1. The van der Waals surface area contributed by atoms with Crippen LogP contribution in [0.3, 0.4) is 0 Å². The first-order chi connectivity index (χ1) is 10.3. The van der Waals surface area contributed by atoms with E-state index >= 15 is 0 Å². The fourth-order valence-corrected chi connectivity index (χ4v) is 2.63. The van der Waals surface area contributed by atoms with E-state index < -0.39 is 0 Å². The minimum absolute atomic E-state index is 0.0690. The van der Waals surface area contributed by atoms with Crippen LogP contribution in [0.2, 0.25) is 0 Å². The van der Waals surface area contributed by atoms with Crippen LogP contribution in [0.25, 0.3) is 0 Å². The summed E-state index contributed by atoms with van der Waals surface area (Å²) in [5.74, 6) is 0.747. The molecule has 1 aliphatic rings. The molecule has 0 aromatic heterocycles. The Morgan fingerprint density at radius 2 is 2.10 bits per heavy atom. The number of carbonyl (C=O) groups is 1. The molecule has 1 aliphatic heterocycles. The van der Waals surface area contributed by atoms with Crippen LogP contribution >= 0.6 is 0 Å². The Morgan fingerprint density at radius 3 is 2.86 bits per heavy atom. The van der Waals surface area contributed by atoms with Crippen LogP contribution in [0.1, 0.15) is 23.7 Å². The summed E-state index contributed by atoms with van der Waals surface area (Å²) in [6.07, 6.45) is 2.91. The fraction of sp³-hybridized carbons (Fsp3) is 0.471. The minimum Gasteiger partial charge on any atom is -0.493 e. The third-order valence-corrected chi connectivity index (χ3v) is 3.68. The summed E-state index contributed by atoms with van der Waals surface area (Å²) in [6.45, 7) is 10.6. The first-order valence-electron chi connectivity index (χ1n) is 7.60. The first kappa shape index (κ1) is 15.6. The Bertz CT molecular complexity index is 487. The predicted molar refractivity (Wildman–Crippen MR) is 84.8 cm³/mol. The van der Waals surface area contributed by atoms with Crippen molar-refractivity contribution in [3.8, 4) is 5.75 Å². The molecule has 4 heteroatoms. The van der Waals surface area contributed by atoms with E-state index in [1.54, 1.807) is 0 Å². The summed E-state index contributed by atoms with van der Waals surface area (Å²) in [4.78, 5) is 17.0. The molecule has 1 fully saturated rings. The second-order valence-corrected chi connectivity index (χ2v) is 5.16. The average molecular weight is 288 g/mol. The molecule has 1 heterocycles. The lowest BCUT2D eigenvalue weighted by Crippen LogP contribution is -2.35. The molecule has 0 N–H and O–H groups in total. The fourth-order valence-electron chi connectivity index (χ4n) is 2.63. The Balaban J connectivity index is 2.07. The lowest BCUT2D eigenvalue weighted by atomic mass is 10.1. The van der Waals surface area contributed by atoms with Gasteiger partial charge in [0.2, 0.25) is 0 Å². The summed E-state index contributed by atoms with van der Waals surface area (Å²) >= 11 is 0. The zero-order valence-electron chi connectivity index (χ0n) is 12.8. The Morgan fingerprint density at radius 1 is 1.29 bits per heavy atom. The van der Waals surface area contributed by atoms with Crippen molar-refractivity contribution in [2.75, 3.05) is 39.3 Å². The Hall–Kier alpha value is -1.81. The van der Waals surface area contributed by atoms with Gasteiger partial charge < -0.3 is 9.64 Å². The zero-order valence-corrected chi connectivity index (χ0v) is 12.8. The molecule has 1 aromatic carbocycles. The van der Waals surface area contributed by atoms with E-state index in [2.05, 4.69) is 11.5 Å². The van der Waals surface area contributed by atoms with Gasteiger partial charge in [0.25, 0.3) is 5.91 Å². The topological polar surface area (TPSA) is 32.8 Å². The highest BCUT2D eigenvalue weighted by atomic mass is 16.5. The molecule has 1 amide bonds. The molecule has 0 radical (unpaired) electrons. The Kier molecular flexibility index (Phi) is 5.81. The summed E-state index contributed by atoms with van der Waals surface area (Å²) in [5, 5.41) is 0. The van der Waals surface area contributed by atoms with Crippen LogP contribution in [0, 0.1) is 0 Å². The van der Waals surface area contributed by atoms with Gasteiger partial charge in [-0.3, -0.25) is 9.69 Å². The van der Waals surface area contributed by atoms with Gasteiger partial charge in [-0.15, -0.1) is 6.58 Å². The number of carbonyl (C=O) groups excluding carboxylic acids is 1. The van der Waals surface area contributed by atoms with Gasteiger partial charge in [0.05, 0.1) is 12.2 Å². The van der Waals surface area contributed by atoms with E-state index in [0.717, 1.165) is 39.1 Å². The Labute approximate surface area is 127 Å². The second kappa shape index (κ2) is 7.84. The van der Waals surface area contributed by atoms with E-state index in [1.165, 1.54) is 0 Å². The maximum atomic E-state index is 12.7. The molecular formula is C17H24N2O2. The summed E-state index contributed by atoms with van der Waals surface area (Å²) in [7, 11) is 0. The number of amides is 1. The zero-order chi connectivity index (χ0) is 15.1. The number of hydrogen-bond donors (Lipinski definition) is 0. The third-order valence-electron chi connectivity index (χ3n) is 3.68. The van der Waals surface area contributed by atoms with Gasteiger partial charge in [0, 0.05) is 32.7 Å².